The largest absolute Gasteiger partial charge is 0.492 e. The molecule has 0 unspecified atom stereocenters. The van der Waals surface area contributed by atoms with Gasteiger partial charge in [0.25, 0.3) is 5.69 Å². The van der Waals surface area contributed by atoms with E-state index in [0.29, 0.717) is 23.1 Å². The molecule has 0 saturated carbocycles. The van der Waals surface area contributed by atoms with Crippen LogP contribution in [0, 0.1) is 10.1 Å². The molecule has 0 spiro atoms. The second-order valence-corrected chi connectivity index (χ2v) is 4.29. The number of rotatable bonds is 6. The molecule has 0 amide bonds. The monoisotopic (exact) mass is 289 g/mol. The molecule has 0 aliphatic heterocycles. The first-order valence-corrected chi connectivity index (χ1v) is 6.58. The van der Waals surface area contributed by atoms with Gasteiger partial charge in [-0.05, 0) is 19.1 Å². The highest BCUT2D eigenvalue weighted by Crippen LogP contribution is 2.32. The zero-order valence-electron chi connectivity index (χ0n) is 11.6. The molecule has 6 nitrogen and oxygen atoms in total. The van der Waals surface area contributed by atoms with Crippen molar-refractivity contribution in [1.29, 1.82) is 0 Å². The standard InChI is InChI=1S/C15H15NO5/c1-2-20-15(17)9-10-21-14-8-7-13(16(18)19)11-5-3-4-6-12(11)14/h3-8H,2,9-10H2,1H3. The van der Waals surface area contributed by atoms with Crippen molar-refractivity contribution in [3.63, 3.8) is 0 Å². The number of nitro benzene ring substituents is 1. The molecule has 0 fully saturated rings. The van der Waals surface area contributed by atoms with Gasteiger partial charge >= 0.3 is 5.97 Å². The van der Waals surface area contributed by atoms with Crippen LogP contribution in [0.1, 0.15) is 13.3 Å². The van der Waals surface area contributed by atoms with Gasteiger partial charge in [-0.2, -0.15) is 0 Å². The predicted molar refractivity (Wildman–Crippen MR) is 77.3 cm³/mol. The quantitative estimate of drug-likeness (QED) is 0.464. The minimum atomic E-state index is -0.426. The number of carbonyl (C=O) groups is 1. The Balaban J connectivity index is 2.20. The predicted octanol–water partition coefficient (Wildman–Crippen LogP) is 3.08. The van der Waals surface area contributed by atoms with Crippen molar-refractivity contribution in [2.24, 2.45) is 0 Å². The summed E-state index contributed by atoms with van der Waals surface area (Å²) >= 11 is 0. The van der Waals surface area contributed by atoms with Crippen molar-refractivity contribution in [2.45, 2.75) is 13.3 Å². The lowest BCUT2D eigenvalue weighted by molar-refractivity contribution is -0.383. The second kappa shape index (κ2) is 6.69. The number of benzene rings is 2. The summed E-state index contributed by atoms with van der Waals surface area (Å²) in [5.41, 5.74) is 0.0309. The third kappa shape index (κ3) is 3.47. The van der Waals surface area contributed by atoms with Crippen LogP contribution in [0.15, 0.2) is 36.4 Å². The zero-order chi connectivity index (χ0) is 15.2. The minimum absolute atomic E-state index is 0.0309. The molecule has 0 atom stereocenters. The van der Waals surface area contributed by atoms with E-state index < -0.39 is 4.92 Å². The summed E-state index contributed by atoms with van der Waals surface area (Å²) < 4.78 is 10.4. The van der Waals surface area contributed by atoms with Gasteiger partial charge < -0.3 is 9.47 Å². The number of nitrogens with zero attached hydrogens (tertiary/aromatic N) is 1. The number of esters is 1. The Bertz CT molecular complexity index is 668. The van der Waals surface area contributed by atoms with Gasteiger partial charge in [-0.25, -0.2) is 0 Å². The fraction of sp³-hybridized carbons (Fsp3) is 0.267. The fourth-order valence-electron chi connectivity index (χ4n) is 2.02. The second-order valence-electron chi connectivity index (χ2n) is 4.29. The van der Waals surface area contributed by atoms with Crippen molar-refractivity contribution >= 4 is 22.4 Å². The number of non-ortho nitro benzene ring substituents is 1. The summed E-state index contributed by atoms with van der Waals surface area (Å²) in [6.07, 6.45) is 0.138. The zero-order valence-corrected chi connectivity index (χ0v) is 11.6. The summed E-state index contributed by atoms with van der Waals surface area (Å²) in [7, 11) is 0. The first kappa shape index (κ1) is 14.8. The van der Waals surface area contributed by atoms with Crippen molar-refractivity contribution in [3.8, 4) is 5.75 Å². The van der Waals surface area contributed by atoms with E-state index in [-0.39, 0.29) is 24.7 Å². The summed E-state index contributed by atoms with van der Waals surface area (Å²) in [4.78, 5) is 21.8. The Morgan fingerprint density at radius 3 is 2.57 bits per heavy atom. The SMILES string of the molecule is CCOC(=O)CCOc1ccc([N+](=O)[O-])c2ccccc12. The molecule has 0 saturated heterocycles. The smallest absolute Gasteiger partial charge is 0.309 e. The van der Waals surface area contributed by atoms with E-state index in [2.05, 4.69) is 0 Å². The molecule has 110 valence electrons. The van der Waals surface area contributed by atoms with E-state index in [9.17, 15) is 14.9 Å². The Morgan fingerprint density at radius 2 is 1.90 bits per heavy atom. The lowest BCUT2D eigenvalue weighted by Crippen LogP contribution is -2.09. The molecular formula is C15H15NO5. The number of ether oxygens (including phenoxy) is 2. The molecule has 0 aliphatic rings. The van der Waals surface area contributed by atoms with Gasteiger partial charge in [0.1, 0.15) is 5.75 Å². The van der Waals surface area contributed by atoms with E-state index >= 15 is 0 Å². The molecule has 0 radical (unpaired) electrons. The Labute approximate surface area is 121 Å². The average Bonchev–Trinajstić information content (AvgIpc) is 2.47. The molecule has 21 heavy (non-hydrogen) atoms. The number of carbonyl (C=O) groups excluding carboxylic acids is 1. The number of hydrogen-bond acceptors (Lipinski definition) is 5. The summed E-state index contributed by atoms with van der Waals surface area (Å²) in [6, 6.07) is 9.89. The molecule has 2 aromatic rings. The van der Waals surface area contributed by atoms with E-state index in [1.54, 1.807) is 37.3 Å². The summed E-state index contributed by atoms with van der Waals surface area (Å²) in [5.74, 6) is 0.184. The molecule has 0 bridgehead atoms. The molecule has 2 aromatic carbocycles. The van der Waals surface area contributed by atoms with Crippen LogP contribution in [0.25, 0.3) is 10.8 Å². The third-order valence-corrected chi connectivity index (χ3v) is 2.93. The van der Waals surface area contributed by atoms with Crippen LogP contribution >= 0.6 is 0 Å². The van der Waals surface area contributed by atoms with E-state index in [0.717, 1.165) is 0 Å². The molecule has 2 rings (SSSR count). The first-order valence-electron chi connectivity index (χ1n) is 6.58. The van der Waals surface area contributed by atoms with Gasteiger partial charge in [-0.3, -0.25) is 14.9 Å². The molecule has 6 heteroatoms. The number of fused-ring (bicyclic) bond motifs is 1. The van der Waals surface area contributed by atoms with Gasteiger partial charge in [-0.1, -0.05) is 18.2 Å². The van der Waals surface area contributed by atoms with Crippen LogP contribution in [0.4, 0.5) is 5.69 Å². The van der Waals surface area contributed by atoms with Gasteiger partial charge in [0.2, 0.25) is 0 Å². The van der Waals surface area contributed by atoms with E-state index in [1.807, 2.05) is 0 Å². The van der Waals surface area contributed by atoms with Gasteiger partial charge in [0.05, 0.1) is 29.9 Å². The highest BCUT2D eigenvalue weighted by Gasteiger charge is 2.14. The maximum absolute atomic E-state index is 11.2. The fourth-order valence-corrected chi connectivity index (χ4v) is 2.02. The molecule has 0 heterocycles. The molecular weight excluding hydrogens is 274 g/mol. The number of nitro groups is 1. The topological polar surface area (TPSA) is 78.7 Å². The average molecular weight is 289 g/mol. The third-order valence-electron chi connectivity index (χ3n) is 2.93. The van der Waals surface area contributed by atoms with Gasteiger partial charge in [-0.15, -0.1) is 0 Å². The van der Waals surface area contributed by atoms with Crippen LogP contribution in [-0.4, -0.2) is 24.1 Å². The summed E-state index contributed by atoms with van der Waals surface area (Å²) in [5, 5.41) is 12.2. The Hall–Kier alpha value is -2.63. The van der Waals surface area contributed by atoms with E-state index in [1.165, 1.54) is 6.07 Å². The van der Waals surface area contributed by atoms with Crippen molar-refractivity contribution in [2.75, 3.05) is 13.2 Å². The minimum Gasteiger partial charge on any atom is -0.492 e. The van der Waals surface area contributed by atoms with Crippen LogP contribution in [0.5, 0.6) is 5.75 Å². The normalized spacial score (nSPS) is 10.3. The molecule has 0 aromatic heterocycles. The van der Waals surface area contributed by atoms with Crippen molar-refractivity contribution in [1.82, 2.24) is 0 Å². The van der Waals surface area contributed by atoms with Crippen molar-refractivity contribution in [3.05, 3.63) is 46.5 Å². The maximum Gasteiger partial charge on any atom is 0.309 e. The highest BCUT2D eigenvalue weighted by atomic mass is 16.6. The van der Waals surface area contributed by atoms with Gasteiger partial charge in [0.15, 0.2) is 0 Å². The molecule has 0 N–H and O–H groups in total. The van der Waals surface area contributed by atoms with Crippen LogP contribution in [0.3, 0.4) is 0 Å². The van der Waals surface area contributed by atoms with Gasteiger partial charge in [0, 0.05) is 11.5 Å². The Kier molecular flexibility index (Phi) is 4.71. The van der Waals surface area contributed by atoms with Crippen LogP contribution < -0.4 is 4.74 Å². The van der Waals surface area contributed by atoms with Crippen LogP contribution in [-0.2, 0) is 9.53 Å². The van der Waals surface area contributed by atoms with E-state index in [4.69, 9.17) is 9.47 Å². The summed E-state index contributed by atoms with van der Waals surface area (Å²) in [6.45, 7) is 2.24. The van der Waals surface area contributed by atoms with Crippen molar-refractivity contribution < 1.29 is 19.2 Å². The lowest BCUT2D eigenvalue weighted by Gasteiger charge is -2.09. The number of hydrogen-bond donors (Lipinski definition) is 0. The Morgan fingerprint density at radius 1 is 1.19 bits per heavy atom. The molecule has 0 aliphatic carbocycles. The first-order chi connectivity index (χ1) is 10.1. The lowest BCUT2D eigenvalue weighted by atomic mass is 10.1. The van der Waals surface area contributed by atoms with Crippen LogP contribution in [0.2, 0.25) is 0 Å². The maximum atomic E-state index is 11.2. The highest BCUT2D eigenvalue weighted by molar-refractivity contribution is 5.95.